The van der Waals surface area contributed by atoms with Gasteiger partial charge >= 0.3 is 5.97 Å². The second-order valence-electron chi connectivity index (χ2n) is 3.99. The molecule has 1 aromatic heterocycles. The maximum absolute atomic E-state index is 11.7. The molecule has 0 N–H and O–H groups in total. The van der Waals surface area contributed by atoms with Crippen molar-refractivity contribution in [2.75, 3.05) is 6.61 Å². The zero-order valence-electron chi connectivity index (χ0n) is 10.3. The van der Waals surface area contributed by atoms with E-state index in [9.17, 15) is 9.59 Å². The largest absolute Gasteiger partial charge is 0.464 e. The third kappa shape index (κ3) is 2.40. The van der Waals surface area contributed by atoms with Crippen LogP contribution in [0.25, 0.3) is 10.9 Å². The monoisotopic (exact) mass is 246 g/mol. The Morgan fingerprint density at radius 1 is 1.28 bits per heavy atom. The van der Waals surface area contributed by atoms with Crippen molar-refractivity contribution in [1.29, 1.82) is 0 Å². The topological polar surface area (TPSA) is 61.2 Å². The highest BCUT2D eigenvalue weighted by atomic mass is 16.5. The maximum atomic E-state index is 11.7. The highest BCUT2D eigenvalue weighted by molar-refractivity contribution is 6.04. The van der Waals surface area contributed by atoms with E-state index in [4.69, 9.17) is 4.74 Å². The molecule has 2 aromatic rings. The first-order valence-electron chi connectivity index (χ1n) is 5.69. The number of ether oxygens (including phenoxy) is 1. The van der Waals surface area contributed by atoms with Crippen molar-refractivity contribution in [1.82, 2.24) is 9.78 Å². The molecule has 1 heterocycles. The van der Waals surface area contributed by atoms with E-state index in [1.165, 1.54) is 13.8 Å². The summed E-state index contributed by atoms with van der Waals surface area (Å²) in [5.41, 5.74) is 1.32. The van der Waals surface area contributed by atoms with Gasteiger partial charge in [0.25, 0.3) is 0 Å². The number of aromatic nitrogens is 2. The molecule has 0 saturated carbocycles. The van der Waals surface area contributed by atoms with Crippen LogP contribution >= 0.6 is 0 Å². The van der Waals surface area contributed by atoms with Crippen molar-refractivity contribution >= 4 is 22.7 Å². The van der Waals surface area contributed by atoms with Crippen LogP contribution in [0.3, 0.4) is 0 Å². The summed E-state index contributed by atoms with van der Waals surface area (Å²) in [6, 6.07) is 7.45. The lowest BCUT2D eigenvalue weighted by atomic mass is 10.1. The van der Waals surface area contributed by atoms with Crippen molar-refractivity contribution < 1.29 is 14.3 Å². The fourth-order valence-electron chi connectivity index (χ4n) is 1.89. The number of Topliss-reactive ketones (excluding diaryl/α,β-unsaturated/α-hetero) is 1. The van der Waals surface area contributed by atoms with Gasteiger partial charge in [-0.3, -0.25) is 14.3 Å². The van der Waals surface area contributed by atoms with Gasteiger partial charge < -0.3 is 4.74 Å². The van der Waals surface area contributed by atoms with Crippen LogP contribution in [0, 0.1) is 0 Å². The van der Waals surface area contributed by atoms with Crippen molar-refractivity contribution in [2.45, 2.75) is 20.4 Å². The summed E-state index contributed by atoms with van der Waals surface area (Å²) in [4.78, 5) is 22.4. The van der Waals surface area contributed by atoms with Gasteiger partial charge in [0.1, 0.15) is 12.3 Å². The second kappa shape index (κ2) is 5.00. The average molecular weight is 246 g/mol. The Hall–Kier alpha value is -2.17. The predicted octanol–water partition coefficient (Wildman–Crippen LogP) is 1.80. The van der Waals surface area contributed by atoms with Crippen molar-refractivity contribution in [2.24, 2.45) is 0 Å². The first-order valence-corrected chi connectivity index (χ1v) is 5.69. The smallest absolute Gasteiger partial charge is 0.302 e. The standard InChI is InChI=1S/C13H14N2O3/c1-9(16)13-11-5-3-4-6-12(11)14-15(13)7-8-18-10(2)17/h3-6H,7-8H2,1-2H3. The number of carbonyl (C=O) groups is 2. The predicted molar refractivity (Wildman–Crippen MR) is 66.4 cm³/mol. The van der Waals surface area contributed by atoms with E-state index in [-0.39, 0.29) is 18.4 Å². The Labute approximate surface area is 104 Å². The van der Waals surface area contributed by atoms with Crippen LogP contribution in [-0.4, -0.2) is 28.1 Å². The molecule has 1 aromatic carbocycles. The van der Waals surface area contributed by atoms with E-state index in [2.05, 4.69) is 5.10 Å². The zero-order valence-corrected chi connectivity index (χ0v) is 10.3. The molecule has 0 radical (unpaired) electrons. The minimum atomic E-state index is -0.337. The Bertz CT molecular complexity index is 601. The van der Waals surface area contributed by atoms with Crippen LogP contribution < -0.4 is 0 Å². The van der Waals surface area contributed by atoms with Crippen molar-refractivity contribution in [3.8, 4) is 0 Å². The summed E-state index contributed by atoms with van der Waals surface area (Å²) in [5, 5.41) is 5.16. The van der Waals surface area contributed by atoms with Crippen LogP contribution in [-0.2, 0) is 16.1 Å². The number of carbonyl (C=O) groups excluding carboxylic acids is 2. The molecule has 2 rings (SSSR count). The van der Waals surface area contributed by atoms with Crippen LogP contribution in [0.5, 0.6) is 0 Å². The van der Waals surface area contributed by atoms with Gasteiger partial charge in [-0.2, -0.15) is 5.10 Å². The summed E-state index contributed by atoms with van der Waals surface area (Å²) < 4.78 is 6.46. The first kappa shape index (κ1) is 12.3. The summed E-state index contributed by atoms with van der Waals surface area (Å²) >= 11 is 0. The van der Waals surface area contributed by atoms with Crippen molar-refractivity contribution in [3.05, 3.63) is 30.0 Å². The molecule has 0 fully saturated rings. The molecule has 0 atom stereocenters. The van der Waals surface area contributed by atoms with Gasteiger partial charge in [0.15, 0.2) is 5.78 Å². The highest BCUT2D eigenvalue weighted by Crippen LogP contribution is 2.18. The molecule has 5 heteroatoms. The van der Waals surface area contributed by atoms with Gasteiger partial charge in [-0.1, -0.05) is 18.2 Å². The van der Waals surface area contributed by atoms with Crippen LogP contribution in [0.15, 0.2) is 24.3 Å². The molecule has 0 spiro atoms. The minimum absolute atomic E-state index is 0.0495. The second-order valence-corrected chi connectivity index (χ2v) is 3.99. The molecule has 5 nitrogen and oxygen atoms in total. The average Bonchev–Trinajstić information content (AvgIpc) is 2.66. The molecular formula is C13H14N2O3. The Morgan fingerprint density at radius 2 is 2.00 bits per heavy atom. The quantitative estimate of drug-likeness (QED) is 0.609. The van der Waals surface area contributed by atoms with Crippen LogP contribution in [0.4, 0.5) is 0 Å². The first-order chi connectivity index (χ1) is 8.59. The van der Waals surface area contributed by atoms with Gasteiger partial charge in [-0.15, -0.1) is 0 Å². The maximum Gasteiger partial charge on any atom is 0.302 e. The number of rotatable bonds is 4. The minimum Gasteiger partial charge on any atom is -0.464 e. The molecule has 18 heavy (non-hydrogen) atoms. The van der Waals surface area contributed by atoms with Crippen LogP contribution in [0.2, 0.25) is 0 Å². The number of esters is 1. The lowest BCUT2D eigenvalue weighted by Crippen LogP contribution is -2.14. The van der Waals surface area contributed by atoms with Gasteiger partial charge in [0.2, 0.25) is 0 Å². The number of hydrogen-bond donors (Lipinski definition) is 0. The fourth-order valence-corrected chi connectivity index (χ4v) is 1.89. The summed E-state index contributed by atoms with van der Waals surface area (Å²) in [7, 11) is 0. The fraction of sp³-hybridized carbons (Fsp3) is 0.308. The zero-order chi connectivity index (χ0) is 13.1. The third-order valence-corrected chi connectivity index (χ3v) is 2.59. The number of benzene rings is 1. The van der Waals surface area contributed by atoms with E-state index in [0.717, 1.165) is 10.9 Å². The van der Waals surface area contributed by atoms with Crippen molar-refractivity contribution in [3.63, 3.8) is 0 Å². The SMILES string of the molecule is CC(=O)OCCn1nc2ccccc2c1C(C)=O. The van der Waals surface area contributed by atoms with E-state index >= 15 is 0 Å². The lowest BCUT2D eigenvalue weighted by Gasteiger charge is -2.05. The highest BCUT2D eigenvalue weighted by Gasteiger charge is 2.14. The van der Waals surface area contributed by atoms with E-state index < -0.39 is 0 Å². The summed E-state index contributed by atoms with van der Waals surface area (Å²) in [6.45, 7) is 3.45. The molecular weight excluding hydrogens is 232 g/mol. The molecule has 0 saturated heterocycles. The number of nitrogens with zero attached hydrogens (tertiary/aromatic N) is 2. The Morgan fingerprint density at radius 3 is 2.67 bits per heavy atom. The normalized spacial score (nSPS) is 10.6. The summed E-state index contributed by atoms with van der Waals surface area (Å²) in [5.74, 6) is -0.386. The summed E-state index contributed by atoms with van der Waals surface area (Å²) in [6.07, 6.45) is 0. The Balaban J connectivity index is 2.34. The van der Waals surface area contributed by atoms with Gasteiger partial charge in [-0.25, -0.2) is 0 Å². The van der Waals surface area contributed by atoms with Gasteiger partial charge in [0.05, 0.1) is 12.1 Å². The van der Waals surface area contributed by atoms with E-state index in [1.54, 1.807) is 4.68 Å². The molecule has 0 bridgehead atoms. The molecule has 0 aliphatic rings. The number of fused-ring (bicyclic) bond motifs is 1. The molecule has 0 aliphatic heterocycles. The Kier molecular flexibility index (Phi) is 3.41. The van der Waals surface area contributed by atoms with E-state index in [1.807, 2.05) is 24.3 Å². The molecule has 0 unspecified atom stereocenters. The molecule has 0 aliphatic carbocycles. The number of hydrogen-bond acceptors (Lipinski definition) is 4. The van der Waals surface area contributed by atoms with Gasteiger partial charge in [-0.05, 0) is 6.07 Å². The van der Waals surface area contributed by atoms with E-state index in [0.29, 0.717) is 12.2 Å². The molecule has 94 valence electrons. The lowest BCUT2D eigenvalue weighted by molar-refractivity contribution is -0.141. The molecule has 0 amide bonds. The van der Waals surface area contributed by atoms with Gasteiger partial charge in [0, 0.05) is 19.2 Å². The number of ketones is 1. The van der Waals surface area contributed by atoms with Crippen LogP contribution in [0.1, 0.15) is 24.3 Å². The third-order valence-electron chi connectivity index (χ3n) is 2.59.